The number of nitrogens with two attached hydrogens (primary N) is 1. The molecule has 0 aromatic carbocycles. The molecule has 0 bridgehead atoms. The zero-order valence-electron chi connectivity index (χ0n) is 59.1. The molecule has 0 aromatic heterocycles. The Morgan fingerprint density at radius 2 is 0.604 bits per heavy atom. The highest BCUT2D eigenvalue weighted by molar-refractivity contribution is 7.47. The summed E-state index contributed by atoms with van der Waals surface area (Å²) in [7, 11) is -4.40. The van der Waals surface area contributed by atoms with Crippen molar-refractivity contribution in [3.05, 3.63) is 122 Å². The first kappa shape index (κ1) is 87.4. The van der Waals surface area contributed by atoms with E-state index < -0.39 is 26.5 Å². The third-order valence-electron chi connectivity index (χ3n) is 16.3. The quantitative estimate of drug-likeness (QED) is 0.0264. The molecule has 524 valence electrons. The van der Waals surface area contributed by atoms with Crippen molar-refractivity contribution in [2.24, 2.45) is 5.73 Å². The molecule has 0 radical (unpaired) electrons. The molecule has 0 fully saturated rings. The normalized spacial score (nSPS) is 13.6. The Hall–Kier alpha value is -3.59. The highest BCUT2D eigenvalue weighted by Gasteiger charge is 2.26. The fraction of sp³-hybridized carbons (Fsp3) is 0.728. The monoisotopic (exact) mass is 1290 g/mol. The molecule has 0 heterocycles. The maximum absolute atomic E-state index is 12.8. The lowest BCUT2D eigenvalue weighted by Crippen LogP contribution is -2.29. The molecule has 0 aromatic rings. The average Bonchev–Trinajstić information content (AvgIpc) is 3.74. The number of carbonyl (C=O) groups excluding carboxylic acids is 2. The van der Waals surface area contributed by atoms with E-state index in [0.29, 0.717) is 6.42 Å². The molecule has 2 atom stereocenters. The molecule has 0 aliphatic rings. The van der Waals surface area contributed by atoms with E-state index in [2.05, 4.69) is 135 Å². The number of hydrogen-bond donors (Lipinski definition) is 2. The third kappa shape index (κ3) is 75.3. The van der Waals surface area contributed by atoms with Crippen LogP contribution in [0.2, 0.25) is 0 Å². The van der Waals surface area contributed by atoms with Gasteiger partial charge in [-0.05, 0) is 109 Å². The minimum atomic E-state index is -4.40. The van der Waals surface area contributed by atoms with Crippen LogP contribution >= 0.6 is 7.82 Å². The fourth-order valence-corrected chi connectivity index (χ4v) is 11.5. The maximum Gasteiger partial charge on any atom is 0.472 e. The molecule has 0 spiro atoms. The van der Waals surface area contributed by atoms with Gasteiger partial charge in [0.15, 0.2) is 6.10 Å². The third-order valence-corrected chi connectivity index (χ3v) is 17.3. The molecule has 3 N–H and O–H groups in total. The lowest BCUT2D eigenvalue weighted by Gasteiger charge is -2.19. The van der Waals surface area contributed by atoms with Gasteiger partial charge in [0.25, 0.3) is 0 Å². The van der Waals surface area contributed by atoms with E-state index in [0.717, 1.165) is 96.3 Å². The van der Waals surface area contributed by atoms with Crippen LogP contribution in [0, 0.1) is 0 Å². The van der Waals surface area contributed by atoms with E-state index >= 15 is 0 Å². The van der Waals surface area contributed by atoms with Crippen LogP contribution in [0.25, 0.3) is 0 Å². The minimum absolute atomic E-state index is 0.0501. The minimum Gasteiger partial charge on any atom is -0.462 e. The Morgan fingerprint density at radius 1 is 0.341 bits per heavy atom. The number of allylic oxidation sites excluding steroid dienone is 20. The van der Waals surface area contributed by atoms with Gasteiger partial charge in [-0.3, -0.25) is 18.6 Å². The highest BCUT2D eigenvalue weighted by atomic mass is 31.2. The van der Waals surface area contributed by atoms with Gasteiger partial charge in [0, 0.05) is 19.4 Å². The van der Waals surface area contributed by atoms with Crippen LogP contribution in [-0.4, -0.2) is 49.3 Å². The number of phosphoric acid groups is 1. The first-order valence-corrected chi connectivity index (χ1v) is 39.5. The van der Waals surface area contributed by atoms with Gasteiger partial charge in [0.2, 0.25) is 0 Å². The van der Waals surface area contributed by atoms with E-state index in [1.807, 2.05) is 0 Å². The molecule has 0 amide bonds. The maximum atomic E-state index is 12.8. The van der Waals surface area contributed by atoms with E-state index in [4.69, 9.17) is 24.3 Å². The summed E-state index contributed by atoms with van der Waals surface area (Å²) in [5.74, 6) is -0.821. The van der Waals surface area contributed by atoms with Crippen LogP contribution in [0.4, 0.5) is 0 Å². The van der Waals surface area contributed by atoms with Gasteiger partial charge in [-0.15, -0.1) is 0 Å². The fourth-order valence-electron chi connectivity index (χ4n) is 10.7. The summed E-state index contributed by atoms with van der Waals surface area (Å²) >= 11 is 0. The van der Waals surface area contributed by atoms with Crippen molar-refractivity contribution in [2.75, 3.05) is 26.4 Å². The molecule has 0 aliphatic heterocycles. The van der Waals surface area contributed by atoms with E-state index in [-0.39, 0.29) is 38.6 Å². The van der Waals surface area contributed by atoms with Crippen LogP contribution in [0.5, 0.6) is 0 Å². The average molecular weight is 1290 g/mol. The number of ether oxygens (including phenoxy) is 2. The summed E-state index contributed by atoms with van der Waals surface area (Å²) in [5, 5.41) is 0. The van der Waals surface area contributed by atoms with Crippen LogP contribution in [0.3, 0.4) is 0 Å². The van der Waals surface area contributed by atoms with Gasteiger partial charge in [0.1, 0.15) is 6.61 Å². The van der Waals surface area contributed by atoms with Crippen LogP contribution in [-0.2, 0) is 32.7 Å². The summed E-state index contributed by atoms with van der Waals surface area (Å²) in [6.07, 6.45) is 106. The lowest BCUT2D eigenvalue weighted by molar-refractivity contribution is -0.161. The summed E-state index contributed by atoms with van der Waals surface area (Å²) in [5.41, 5.74) is 5.41. The number of rotatable bonds is 71. The number of phosphoric ester groups is 1. The Morgan fingerprint density at radius 3 is 0.901 bits per heavy atom. The van der Waals surface area contributed by atoms with Crippen LogP contribution in [0.1, 0.15) is 348 Å². The zero-order valence-corrected chi connectivity index (χ0v) is 59.9. The van der Waals surface area contributed by atoms with E-state index in [1.165, 1.54) is 218 Å². The van der Waals surface area contributed by atoms with Crippen molar-refractivity contribution in [2.45, 2.75) is 354 Å². The highest BCUT2D eigenvalue weighted by Crippen LogP contribution is 2.43. The molecule has 10 heteroatoms. The van der Waals surface area contributed by atoms with Crippen molar-refractivity contribution in [3.8, 4) is 0 Å². The summed E-state index contributed by atoms with van der Waals surface area (Å²) in [6.45, 7) is 3.65. The summed E-state index contributed by atoms with van der Waals surface area (Å²) in [6, 6.07) is 0. The Bertz CT molecular complexity index is 1910. The summed E-state index contributed by atoms with van der Waals surface area (Å²) < 4.78 is 33.2. The molecule has 0 saturated carbocycles. The van der Waals surface area contributed by atoms with Crippen molar-refractivity contribution in [1.29, 1.82) is 0 Å². The molecular weight excluding hydrogens is 1150 g/mol. The zero-order chi connectivity index (χ0) is 65.8. The van der Waals surface area contributed by atoms with Crippen molar-refractivity contribution in [1.82, 2.24) is 0 Å². The Labute approximate surface area is 561 Å². The molecule has 9 nitrogen and oxygen atoms in total. The second-order valence-corrected chi connectivity index (χ2v) is 26.6. The van der Waals surface area contributed by atoms with Crippen LogP contribution < -0.4 is 5.73 Å². The summed E-state index contributed by atoms with van der Waals surface area (Å²) in [4.78, 5) is 35.4. The molecule has 0 saturated heterocycles. The largest absolute Gasteiger partial charge is 0.472 e. The van der Waals surface area contributed by atoms with Gasteiger partial charge in [-0.1, -0.05) is 347 Å². The van der Waals surface area contributed by atoms with Crippen LogP contribution in [0.15, 0.2) is 122 Å². The topological polar surface area (TPSA) is 134 Å². The molecule has 0 aliphatic carbocycles. The van der Waals surface area contributed by atoms with Gasteiger partial charge in [0.05, 0.1) is 13.2 Å². The van der Waals surface area contributed by atoms with Crippen molar-refractivity contribution in [3.63, 3.8) is 0 Å². The molecule has 2 unspecified atom stereocenters. The first-order chi connectivity index (χ1) is 44.8. The number of carbonyl (C=O) groups is 2. The van der Waals surface area contributed by atoms with Gasteiger partial charge >= 0.3 is 19.8 Å². The van der Waals surface area contributed by atoms with Crippen molar-refractivity contribution < 1.29 is 37.6 Å². The first-order valence-electron chi connectivity index (χ1n) is 38.0. The smallest absolute Gasteiger partial charge is 0.462 e. The van der Waals surface area contributed by atoms with Gasteiger partial charge in [-0.2, -0.15) is 0 Å². The Kier molecular flexibility index (Phi) is 72.5. The predicted molar refractivity (Wildman–Crippen MR) is 394 cm³/mol. The number of unbranched alkanes of at least 4 members (excludes halogenated alkanes) is 38. The molecular formula is C81H142NO8P. The standard InChI is InChI=1S/C81H142NO8P/c1-3-5-7-9-11-13-15-17-19-21-23-25-27-29-31-33-35-37-38-39-40-42-44-46-48-50-52-54-56-58-60-62-64-66-68-70-72-74-81(84)90-79(78-89-91(85,86)88-76-75-82)77-87-80(83)73-71-69-67-65-63-61-59-57-55-53-51-49-47-45-43-41-36-34-32-30-28-26-24-22-20-18-16-14-12-10-8-6-4-2/h5,7,11,13,16-19,22-25,29,31,35,37,39-40,44,46,79H,3-4,6,8-10,12,14-15,20-21,26-28,30,32-34,36,38,41-43,45,47-78,82H2,1-2H3,(H,85,86)/b7-5-,13-11-,18-16-,19-17-,24-22-,25-23-,31-29-,37-35-,40-39-,46-44-. The molecule has 91 heavy (non-hydrogen) atoms. The lowest BCUT2D eigenvalue weighted by atomic mass is 10.0. The Balaban J connectivity index is 3.86. The van der Waals surface area contributed by atoms with Gasteiger partial charge in [-0.25, -0.2) is 4.57 Å². The second kappa shape index (κ2) is 75.4. The predicted octanol–water partition coefficient (Wildman–Crippen LogP) is 25.4. The van der Waals surface area contributed by atoms with Crippen molar-refractivity contribution >= 4 is 19.8 Å². The SMILES string of the molecule is CC/C=C\C/C=C\C/C=C\C/C=C\C/C=C\C/C=C\C/C=C\C/C=C\CCCCCCCCCCCCCCC(=O)OC(COC(=O)CCCCCCCCCCCCCCCCCCCCCCC/C=C\C/C=C\CCCCCCC)COP(=O)(O)OCCN. The second-order valence-electron chi connectivity index (χ2n) is 25.1. The molecule has 0 rings (SSSR count). The number of hydrogen-bond acceptors (Lipinski definition) is 8. The van der Waals surface area contributed by atoms with E-state index in [9.17, 15) is 19.0 Å². The van der Waals surface area contributed by atoms with E-state index in [1.54, 1.807) is 0 Å². The number of esters is 2. The van der Waals surface area contributed by atoms with Gasteiger partial charge < -0.3 is 20.1 Å².